The summed E-state index contributed by atoms with van der Waals surface area (Å²) in [7, 11) is 0. The predicted molar refractivity (Wildman–Crippen MR) is 76.2 cm³/mol. The van der Waals surface area contributed by atoms with Crippen LogP contribution >= 0.6 is 11.8 Å². The highest BCUT2D eigenvalue weighted by molar-refractivity contribution is 7.99. The Kier molecular flexibility index (Phi) is 6.66. The van der Waals surface area contributed by atoms with Gasteiger partial charge in [-0.1, -0.05) is 27.7 Å². The summed E-state index contributed by atoms with van der Waals surface area (Å²) in [5.41, 5.74) is 1.19. The van der Waals surface area contributed by atoms with Crippen LogP contribution in [0.15, 0.2) is 6.20 Å². The highest BCUT2D eigenvalue weighted by atomic mass is 32.2. The van der Waals surface area contributed by atoms with Crippen LogP contribution in [0.1, 0.15) is 45.6 Å². The van der Waals surface area contributed by atoms with Crippen molar-refractivity contribution >= 4 is 11.8 Å². The molecule has 0 saturated carbocycles. The molecule has 98 valence electrons. The highest BCUT2D eigenvalue weighted by Crippen LogP contribution is 2.17. The summed E-state index contributed by atoms with van der Waals surface area (Å²) in [6.45, 7) is 10.9. The quantitative estimate of drug-likeness (QED) is 0.749. The molecule has 3 nitrogen and oxygen atoms in total. The first kappa shape index (κ1) is 14.6. The number of nitrogens with zero attached hydrogens (tertiary/aromatic N) is 1. The number of hydrogen-bond acceptors (Lipinski definition) is 3. The first-order valence-electron chi connectivity index (χ1n) is 6.46. The average Bonchev–Trinajstić information content (AvgIpc) is 2.73. The molecule has 1 aromatic rings. The van der Waals surface area contributed by atoms with Crippen LogP contribution in [-0.2, 0) is 12.3 Å². The molecule has 1 aromatic heterocycles. The molecule has 0 fully saturated rings. The summed E-state index contributed by atoms with van der Waals surface area (Å²) in [5.74, 6) is 2.77. The molecule has 0 aliphatic rings. The van der Waals surface area contributed by atoms with Crippen molar-refractivity contribution < 1.29 is 0 Å². The van der Waals surface area contributed by atoms with Gasteiger partial charge in [0.2, 0.25) is 0 Å². The minimum atomic E-state index is 0.693. The fraction of sp³-hybridized carbons (Fsp3) is 0.769. The Bertz CT molecular complexity index is 309. The van der Waals surface area contributed by atoms with E-state index in [-0.39, 0.29) is 0 Å². The van der Waals surface area contributed by atoms with Crippen molar-refractivity contribution in [1.29, 1.82) is 0 Å². The summed E-state index contributed by atoms with van der Waals surface area (Å²) < 4.78 is 0. The zero-order valence-electron chi connectivity index (χ0n) is 11.4. The van der Waals surface area contributed by atoms with Crippen LogP contribution in [0, 0.1) is 5.92 Å². The van der Waals surface area contributed by atoms with Gasteiger partial charge in [-0.25, -0.2) is 4.98 Å². The predicted octanol–water partition coefficient (Wildman–Crippen LogP) is 3.19. The Balaban J connectivity index is 2.27. The van der Waals surface area contributed by atoms with E-state index < -0.39 is 0 Å². The second kappa shape index (κ2) is 7.77. The first-order valence-corrected chi connectivity index (χ1v) is 7.51. The van der Waals surface area contributed by atoms with Gasteiger partial charge in [-0.05, 0) is 18.9 Å². The first-order chi connectivity index (χ1) is 8.11. The van der Waals surface area contributed by atoms with Crippen LogP contribution in [-0.4, -0.2) is 21.8 Å². The van der Waals surface area contributed by atoms with Gasteiger partial charge in [0.1, 0.15) is 5.82 Å². The topological polar surface area (TPSA) is 40.7 Å². The van der Waals surface area contributed by atoms with Crippen LogP contribution in [0.3, 0.4) is 0 Å². The molecule has 17 heavy (non-hydrogen) atoms. The SMILES string of the molecule is CCC(C)SCc1ncc(CNCC(C)C)[nH]1. The Morgan fingerprint density at radius 2 is 2.18 bits per heavy atom. The Hall–Kier alpha value is -0.480. The molecule has 1 rings (SSSR count). The van der Waals surface area contributed by atoms with E-state index in [9.17, 15) is 0 Å². The van der Waals surface area contributed by atoms with E-state index in [4.69, 9.17) is 0 Å². The maximum atomic E-state index is 4.40. The summed E-state index contributed by atoms with van der Waals surface area (Å²) in [5, 5.41) is 4.12. The van der Waals surface area contributed by atoms with Crippen molar-refractivity contribution in [3.8, 4) is 0 Å². The molecule has 2 N–H and O–H groups in total. The van der Waals surface area contributed by atoms with Crippen molar-refractivity contribution in [3.05, 3.63) is 17.7 Å². The van der Waals surface area contributed by atoms with Crippen molar-refractivity contribution in [2.45, 2.75) is 51.7 Å². The second-order valence-corrected chi connectivity index (χ2v) is 6.34. The lowest BCUT2D eigenvalue weighted by atomic mass is 10.2. The van der Waals surface area contributed by atoms with Gasteiger partial charge in [-0.15, -0.1) is 0 Å². The van der Waals surface area contributed by atoms with Crippen molar-refractivity contribution in [3.63, 3.8) is 0 Å². The Morgan fingerprint density at radius 1 is 1.41 bits per heavy atom. The number of H-pyrrole nitrogens is 1. The van der Waals surface area contributed by atoms with Gasteiger partial charge in [0, 0.05) is 23.7 Å². The molecular weight excluding hydrogens is 230 g/mol. The molecule has 1 atom stereocenters. The maximum Gasteiger partial charge on any atom is 0.116 e. The standard InChI is InChI=1S/C13H25N3S/c1-5-11(4)17-9-13-15-8-12(16-13)7-14-6-10(2)3/h8,10-11,14H,5-7,9H2,1-4H3,(H,15,16). The van der Waals surface area contributed by atoms with Crippen molar-refractivity contribution in [2.24, 2.45) is 5.92 Å². The molecule has 0 saturated heterocycles. The van der Waals surface area contributed by atoms with Gasteiger partial charge < -0.3 is 10.3 Å². The second-order valence-electron chi connectivity index (χ2n) is 4.91. The van der Waals surface area contributed by atoms with E-state index in [0.29, 0.717) is 11.2 Å². The van der Waals surface area contributed by atoms with Gasteiger partial charge in [0.15, 0.2) is 0 Å². The van der Waals surface area contributed by atoms with E-state index in [2.05, 4.69) is 43.0 Å². The van der Waals surface area contributed by atoms with Gasteiger partial charge in [0.05, 0.1) is 5.75 Å². The van der Waals surface area contributed by atoms with Gasteiger partial charge in [-0.2, -0.15) is 11.8 Å². The lowest BCUT2D eigenvalue weighted by Gasteiger charge is -2.06. The molecule has 0 bridgehead atoms. The van der Waals surface area contributed by atoms with Crippen LogP contribution in [0.4, 0.5) is 0 Å². The number of aromatic amines is 1. The summed E-state index contributed by atoms with van der Waals surface area (Å²) in [6, 6.07) is 0. The number of imidazole rings is 1. The number of hydrogen-bond donors (Lipinski definition) is 2. The van der Waals surface area contributed by atoms with Crippen LogP contribution in [0.5, 0.6) is 0 Å². The van der Waals surface area contributed by atoms with Crippen molar-refractivity contribution in [2.75, 3.05) is 6.54 Å². The number of thioether (sulfide) groups is 1. The molecule has 0 spiro atoms. The molecule has 0 radical (unpaired) electrons. The molecule has 0 aliphatic carbocycles. The minimum Gasteiger partial charge on any atom is -0.344 e. The Morgan fingerprint density at radius 3 is 2.82 bits per heavy atom. The van der Waals surface area contributed by atoms with Crippen LogP contribution < -0.4 is 5.32 Å². The molecular formula is C13H25N3S. The zero-order valence-corrected chi connectivity index (χ0v) is 12.2. The zero-order chi connectivity index (χ0) is 12.7. The molecule has 0 aliphatic heterocycles. The third-order valence-electron chi connectivity index (χ3n) is 2.63. The van der Waals surface area contributed by atoms with Crippen LogP contribution in [0.25, 0.3) is 0 Å². The molecule has 1 heterocycles. The highest BCUT2D eigenvalue weighted by Gasteiger charge is 2.04. The summed E-state index contributed by atoms with van der Waals surface area (Å²) >= 11 is 1.96. The Labute approximate surface area is 109 Å². The van der Waals surface area contributed by atoms with E-state index >= 15 is 0 Å². The minimum absolute atomic E-state index is 0.693. The van der Waals surface area contributed by atoms with Gasteiger partial charge >= 0.3 is 0 Å². The molecule has 4 heteroatoms. The lowest BCUT2D eigenvalue weighted by Crippen LogP contribution is -2.19. The monoisotopic (exact) mass is 255 g/mol. The van der Waals surface area contributed by atoms with Gasteiger partial charge in [-0.3, -0.25) is 0 Å². The number of aromatic nitrogens is 2. The maximum absolute atomic E-state index is 4.40. The summed E-state index contributed by atoms with van der Waals surface area (Å²) in [4.78, 5) is 7.78. The number of nitrogens with one attached hydrogen (secondary N) is 2. The fourth-order valence-electron chi connectivity index (χ4n) is 1.40. The van der Waals surface area contributed by atoms with Gasteiger partial charge in [0.25, 0.3) is 0 Å². The third kappa shape index (κ3) is 6.13. The molecule has 1 unspecified atom stereocenters. The average molecular weight is 255 g/mol. The van der Waals surface area contributed by atoms with E-state index in [1.54, 1.807) is 0 Å². The smallest absolute Gasteiger partial charge is 0.116 e. The molecule has 0 amide bonds. The fourth-order valence-corrected chi connectivity index (χ4v) is 2.23. The van der Waals surface area contributed by atoms with Crippen LogP contribution in [0.2, 0.25) is 0 Å². The largest absolute Gasteiger partial charge is 0.344 e. The summed E-state index contributed by atoms with van der Waals surface area (Å²) in [6.07, 6.45) is 3.16. The normalized spacial score (nSPS) is 13.2. The number of rotatable bonds is 8. The molecule has 0 aromatic carbocycles. The lowest BCUT2D eigenvalue weighted by molar-refractivity contribution is 0.549. The van der Waals surface area contributed by atoms with Crippen molar-refractivity contribution in [1.82, 2.24) is 15.3 Å². The van der Waals surface area contributed by atoms with E-state index in [0.717, 1.165) is 24.7 Å². The third-order valence-corrected chi connectivity index (χ3v) is 3.97. The van der Waals surface area contributed by atoms with E-state index in [1.165, 1.54) is 12.1 Å². The van der Waals surface area contributed by atoms with E-state index in [1.807, 2.05) is 18.0 Å².